The smallest absolute Gasteiger partial charge is 0.131 e. The van der Waals surface area contributed by atoms with E-state index in [0.29, 0.717) is 24.2 Å². The number of aromatic hydroxyl groups is 2. The summed E-state index contributed by atoms with van der Waals surface area (Å²) in [5, 5.41) is 25.0. The van der Waals surface area contributed by atoms with E-state index in [0.717, 1.165) is 12.1 Å². The molecule has 0 bridgehead atoms. The van der Waals surface area contributed by atoms with Crippen LogP contribution in [0.25, 0.3) is 0 Å². The molecule has 3 rings (SSSR count). The number of phenols is 2. The molecule has 1 aliphatic rings. The van der Waals surface area contributed by atoms with Gasteiger partial charge in [0.05, 0.1) is 12.1 Å². The van der Waals surface area contributed by atoms with E-state index in [1.54, 1.807) is 0 Å². The van der Waals surface area contributed by atoms with E-state index in [-0.39, 0.29) is 11.5 Å². The quantitative estimate of drug-likeness (QED) is 0.688. The summed E-state index contributed by atoms with van der Waals surface area (Å²) in [6.45, 7) is 1.22. The van der Waals surface area contributed by atoms with Gasteiger partial charge in [0.1, 0.15) is 23.1 Å². The first-order chi connectivity index (χ1) is 10.6. The highest BCUT2D eigenvalue weighted by atomic mass is 19.1. The maximum Gasteiger partial charge on any atom is 0.131 e. The lowest BCUT2D eigenvalue weighted by atomic mass is 9.91. The van der Waals surface area contributed by atoms with E-state index in [9.17, 15) is 19.0 Å². The monoisotopic (exact) mass is 306 g/mol. The zero-order valence-electron chi connectivity index (χ0n) is 11.7. The molecule has 0 amide bonds. The van der Waals surface area contributed by atoms with Crippen molar-refractivity contribution in [3.05, 3.63) is 59.2 Å². The van der Waals surface area contributed by atoms with Gasteiger partial charge in [-0.05, 0) is 12.1 Å². The number of hydrogen-bond acceptors (Lipinski definition) is 4. The van der Waals surface area contributed by atoms with Gasteiger partial charge in [-0.25, -0.2) is 8.78 Å². The van der Waals surface area contributed by atoms with Gasteiger partial charge in [0.25, 0.3) is 0 Å². The zero-order valence-corrected chi connectivity index (χ0v) is 11.7. The molecule has 0 spiro atoms. The maximum absolute atomic E-state index is 14.1. The van der Waals surface area contributed by atoms with E-state index in [1.807, 2.05) is 0 Å². The Labute approximate surface area is 126 Å². The molecule has 2 aromatic rings. The van der Waals surface area contributed by atoms with Gasteiger partial charge in [-0.3, -0.25) is 0 Å². The molecule has 1 fully saturated rings. The van der Waals surface area contributed by atoms with Crippen LogP contribution in [-0.2, 0) is 0 Å². The predicted octanol–water partition coefficient (Wildman–Crippen LogP) is 2.35. The molecule has 2 aromatic carbocycles. The van der Waals surface area contributed by atoms with E-state index >= 15 is 0 Å². The molecule has 2 atom stereocenters. The fourth-order valence-corrected chi connectivity index (χ4v) is 2.81. The molecule has 22 heavy (non-hydrogen) atoms. The Morgan fingerprint density at radius 1 is 0.773 bits per heavy atom. The van der Waals surface area contributed by atoms with E-state index in [1.165, 1.54) is 24.3 Å². The first-order valence-electron chi connectivity index (χ1n) is 7.00. The van der Waals surface area contributed by atoms with E-state index in [2.05, 4.69) is 10.6 Å². The van der Waals surface area contributed by atoms with Gasteiger partial charge in [0.15, 0.2) is 0 Å². The molecule has 0 unspecified atom stereocenters. The number of halogens is 2. The Morgan fingerprint density at radius 3 is 1.55 bits per heavy atom. The van der Waals surface area contributed by atoms with Crippen molar-refractivity contribution in [2.45, 2.75) is 12.1 Å². The second-order valence-corrected chi connectivity index (χ2v) is 5.28. The molecule has 0 radical (unpaired) electrons. The molecule has 1 aliphatic heterocycles. The molecule has 0 saturated carbocycles. The van der Waals surface area contributed by atoms with Gasteiger partial charge in [-0.2, -0.15) is 0 Å². The highest BCUT2D eigenvalue weighted by Crippen LogP contribution is 2.34. The van der Waals surface area contributed by atoms with Gasteiger partial charge in [-0.1, -0.05) is 12.1 Å². The van der Waals surface area contributed by atoms with Crippen molar-refractivity contribution >= 4 is 0 Å². The van der Waals surface area contributed by atoms with Crippen LogP contribution < -0.4 is 10.6 Å². The number of rotatable bonds is 2. The number of benzene rings is 2. The SMILES string of the molecule is Oc1ccc([C@@H]2NCCN[C@H]2c2ccc(O)cc2F)c(F)c1. The molecule has 1 saturated heterocycles. The summed E-state index contributed by atoms with van der Waals surface area (Å²) < 4.78 is 28.3. The molecular weight excluding hydrogens is 290 g/mol. The van der Waals surface area contributed by atoms with Crippen molar-refractivity contribution in [1.29, 1.82) is 0 Å². The summed E-state index contributed by atoms with van der Waals surface area (Å²) in [5.74, 6) is -1.41. The van der Waals surface area contributed by atoms with Crippen molar-refractivity contribution in [2.24, 2.45) is 0 Å². The minimum absolute atomic E-state index is 0.155. The Balaban J connectivity index is 2.01. The Hall–Kier alpha value is -2.18. The molecule has 6 heteroatoms. The first-order valence-corrected chi connectivity index (χ1v) is 7.00. The molecule has 1 heterocycles. The van der Waals surface area contributed by atoms with Crippen molar-refractivity contribution in [3.63, 3.8) is 0 Å². The third-order valence-electron chi connectivity index (χ3n) is 3.83. The van der Waals surface area contributed by atoms with E-state index < -0.39 is 23.7 Å². The topological polar surface area (TPSA) is 64.5 Å². The van der Waals surface area contributed by atoms with E-state index in [4.69, 9.17) is 0 Å². The lowest BCUT2D eigenvalue weighted by Crippen LogP contribution is -2.45. The van der Waals surface area contributed by atoms with Gasteiger partial charge < -0.3 is 20.8 Å². The van der Waals surface area contributed by atoms with Crippen molar-refractivity contribution in [2.75, 3.05) is 13.1 Å². The summed E-state index contributed by atoms with van der Waals surface area (Å²) in [7, 11) is 0. The van der Waals surface area contributed by atoms with Gasteiger partial charge in [0, 0.05) is 36.3 Å². The minimum Gasteiger partial charge on any atom is -0.508 e. The van der Waals surface area contributed by atoms with Crippen LogP contribution in [0.3, 0.4) is 0 Å². The lowest BCUT2D eigenvalue weighted by molar-refractivity contribution is 0.317. The Kier molecular flexibility index (Phi) is 3.96. The zero-order chi connectivity index (χ0) is 15.7. The van der Waals surface area contributed by atoms with Gasteiger partial charge >= 0.3 is 0 Å². The van der Waals surface area contributed by atoms with Crippen molar-refractivity contribution in [3.8, 4) is 11.5 Å². The highest BCUT2D eigenvalue weighted by Gasteiger charge is 2.31. The molecule has 0 aliphatic carbocycles. The number of piperazine rings is 1. The largest absolute Gasteiger partial charge is 0.508 e. The summed E-state index contributed by atoms with van der Waals surface area (Å²) in [6, 6.07) is 6.90. The van der Waals surface area contributed by atoms with Crippen molar-refractivity contribution in [1.82, 2.24) is 10.6 Å². The third kappa shape index (κ3) is 2.75. The van der Waals surface area contributed by atoms with Gasteiger partial charge in [-0.15, -0.1) is 0 Å². The normalized spacial score (nSPS) is 21.7. The molecule has 116 valence electrons. The van der Waals surface area contributed by atoms with Crippen LogP contribution in [0.1, 0.15) is 23.2 Å². The average Bonchev–Trinajstić information content (AvgIpc) is 2.48. The maximum atomic E-state index is 14.1. The molecule has 4 nitrogen and oxygen atoms in total. The fraction of sp³-hybridized carbons (Fsp3) is 0.250. The minimum atomic E-state index is -0.551. The Morgan fingerprint density at radius 2 is 1.18 bits per heavy atom. The Bertz CT molecular complexity index is 634. The fourth-order valence-electron chi connectivity index (χ4n) is 2.81. The summed E-state index contributed by atoms with van der Waals surface area (Å²) in [6.07, 6.45) is 0. The van der Waals surface area contributed by atoms with Crippen LogP contribution in [0.2, 0.25) is 0 Å². The summed E-state index contributed by atoms with van der Waals surface area (Å²) >= 11 is 0. The highest BCUT2D eigenvalue weighted by molar-refractivity contribution is 5.36. The number of nitrogens with one attached hydrogen (secondary N) is 2. The third-order valence-corrected chi connectivity index (χ3v) is 3.83. The first kappa shape index (κ1) is 14.7. The van der Waals surface area contributed by atoms with Crippen LogP contribution in [0.5, 0.6) is 11.5 Å². The standard InChI is InChI=1S/C16H16F2N2O2/c17-13-7-9(21)1-3-11(13)15-16(20-6-5-19-15)12-4-2-10(22)8-14(12)18/h1-4,7-8,15-16,19-22H,5-6H2/t15-,16-/m0/s1. The predicted molar refractivity (Wildman–Crippen MR) is 77.6 cm³/mol. The van der Waals surface area contributed by atoms with Crippen LogP contribution in [-0.4, -0.2) is 23.3 Å². The second-order valence-electron chi connectivity index (χ2n) is 5.28. The van der Waals surface area contributed by atoms with Crippen LogP contribution >= 0.6 is 0 Å². The van der Waals surface area contributed by atoms with Crippen LogP contribution in [0.4, 0.5) is 8.78 Å². The number of phenolic OH excluding ortho intramolecular Hbond substituents is 2. The average molecular weight is 306 g/mol. The van der Waals surface area contributed by atoms with Gasteiger partial charge in [0.2, 0.25) is 0 Å². The molecular formula is C16H16F2N2O2. The number of hydrogen-bond donors (Lipinski definition) is 4. The van der Waals surface area contributed by atoms with Crippen LogP contribution in [0.15, 0.2) is 36.4 Å². The molecule has 4 N–H and O–H groups in total. The lowest BCUT2D eigenvalue weighted by Gasteiger charge is -2.34. The summed E-state index contributed by atoms with van der Waals surface area (Å²) in [5.41, 5.74) is 0.699. The summed E-state index contributed by atoms with van der Waals surface area (Å²) in [4.78, 5) is 0. The second kappa shape index (κ2) is 5.90. The van der Waals surface area contributed by atoms with Crippen molar-refractivity contribution < 1.29 is 19.0 Å². The molecule has 0 aromatic heterocycles. The van der Waals surface area contributed by atoms with Crippen LogP contribution in [0, 0.1) is 11.6 Å².